The van der Waals surface area contributed by atoms with Crippen molar-refractivity contribution in [3.8, 4) is 0 Å². The highest BCUT2D eigenvalue weighted by Crippen LogP contribution is 2.36. The van der Waals surface area contributed by atoms with Crippen LogP contribution in [0.5, 0.6) is 0 Å². The summed E-state index contributed by atoms with van der Waals surface area (Å²) in [6, 6.07) is 2.05. The summed E-state index contributed by atoms with van der Waals surface area (Å²) >= 11 is 0. The molecule has 1 fully saturated rings. The Balaban J connectivity index is 2.39. The second-order valence-electron chi connectivity index (χ2n) is 6.66. The van der Waals surface area contributed by atoms with Crippen LogP contribution in [0.3, 0.4) is 0 Å². The molecule has 0 bridgehead atoms. The van der Waals surface area contributed by atoms with Gasteiger partial charge in [0, 0.05) is 6.61 Å². The first kappa shape index (κ1) is 18.8. The van der Waals surface area contributed by atoms with Crippen molar-refractivity contribution < 1.29 is 32.7 Å². The lowest BCUT2D eigenvalue weighted by molar-refractivity contribution is -0.151. The van der Waals surface area contributed by atoms with Crippen LogP contribution >= 0.6 is 0 Å². The van der Waals surface area contributed by atoms with Crippen molar-refractivity contribution >= 4 is 18.6 Å². The molecule has 5 nitrogen and oxygen atoms in total. The van der Waals surface area contributed by atoms with Crippen LogP contribution in [0.2, 0.25) is 0 Å². The molecule has 0 saturated carbocycles. The van der Waals surface area contributed by atoms with E-state index < -0.39 is 47.6 Å². The Morgan fingerprint density at radius 1 is 1.21 bits per heavy atom. The van der Waals surface area contributed by atoms with E-state index in [1.165, 1.54) is 0 Å². The van der Waals surface area contributed by atoms with Crippen LogP contribution in [0.1, 0.15) is 46.3 Å². The first-order valence-electron chi connectivity index (χ1n) is 7.69. The molecule has 1 N–H and O–H groups in total. The highest BCUT2D eigenvalue weighted by atomic mass is 19.1. The smallest absolute Gasteiger partial charge is 0.479 e. The van der Waals surface area contributed by atoms with Crippen molar-refractivity contribution in [2.75, 3.05) is 6.61 Å². The minimum Gasteiger partial charge on any atom is -0.479 e. The van der Waals surface area contributed by atoms with Crippen molar-refractivity contribution in [2.24, 2.45) is 0 Å². The zero-order chi connectivity index (χ0) is 18.3. The van der Waals surface area contributed by atoms with Gasteiger partial charge in [-0.15, -0.1) is 0 Å². The third-order valence-corrected chi connectivity index (χ3v) is 4.45. The number of hydrogen-bond donors (Lipinski definition) is 1. The Morgan fingerprint density at radius 2 is 1.67 bits per heavy atom. The quantitative estimate of drug-likeness (QED) is 0.833. The van der Waals surface area contributed by atoms with Gasteiger partial charge in [0.05, 0.1) is 16.8 Å². The lowest BCUT2D eigenvalue weighted by Gasteiger charge is -2.32. The lowest BCUT2D eigenvalue weighted by atomic mass is 9.78. The third-order valence-electron chi connectivity index (χ3n) is 4.45. The minimum absolute atomic E-state index is 0.00875. The summed E-state index contributed by atoms with van der Waals surface area (Å²) in [7, 11) is -0.941. The summed E-state index contributed by atoms with van der Waals surface area (Å²) in [5.41, 5.74) is -1.80. The molecule has 0 amide bonds. The summed E-state index contributed by atoms with van der Waals surface area (Å²) < 4.78 is 45.2. The second kappa shape index (κ2) is 6.42. The average molecular weight is 342 g/mol. The van der Waals surface area contributed by atoms with Crippen molar-refractivity contribution in [1.29, 1.82) is 0 Å². The number of carboxylic acids is 1. The van der Waals surface area contributed by atoms with Crippen molar-refractivity contribution in [1.82, 2.24) is 0 Å². The lowest BCUT2D eigenvalue weighted by Crippen LogP contribution is -2.41. The minimum atomic E-state index is -1.71. The van der Waals surface area contributed by atoms with Crippen LogP contribution in [0.25, 0.3) is 0 Å². The molecule has 1 aliphatic rings. The summed E-state index contributed by atoms with van der Waals surface area (Å²) in [5, 5.41) is 9.12. The predicted octanol–water partition coefficient (Wildman–Crippen LogP) is 2.43. The predicted molar refractivity (Wildman–Crippen MR) is 84.1 cm³/mol. The van der Waals surface area contributed by atoms with Gasteiger partial charge in [0.15, 0.2) is 6.10 Å². The van der Waals surface area contributed by atoms with Crippen LogP contribution in [-0.4, -0.2) is 36.0 Å². The number of ether oxygens (including phenoxy) is 1. The molecule has 0 aromatic heterocycles. The van der Waals surface area contributed by atoms with Gasteiger partial charge in [-0.1, -0.05) is 0 Å². The molecule has 8 heteroatoms. The van der Waals surface area contributed by atoms with Crippen molar-refractivity contribution in [3.63, 3.8) is 0 Å². The first-order valence-corrected chi connectivity index (χ1v) is 7.69. The van der Waals surface area contributed by atoms with E-state index in [-0.39, 0.29) is 12.1 Å². The Labute approximate surface area is 140 Å². The Hall–Kier alpha value is -1.51. The monoisotopic (exact) mass is 342 g/mol. The van der Waals surface area contributed by atoms with Gasteiger partial charge < -0.3 is 19.2 Å². The molecular formula is C16H21BF2O5. The Kier molecular flexibility index (Phi) is 5.04. The van der Waals surface area contributed by atoms with Gasteiger partial charge in [0.1, 0.15) is 11.6 Å². The summed E-state index contributed by atoms with van der Waals surface area (Å²) in [6.45, 7) is 8.85. The van der Waals surface area contributed by atoms with E-state index in [0.717, 1.165) is 12.1 Å². The normalized spacial score (nSPS) is 20.2. The topological polar surface area (TPSA) is 65.0 Å². The van der Waals surface area contributed by atoms with Crippen LogP contribution in [0, 0.1) is 11.6 Å². The number of carboxylic acid groups (broad SMARTS) is 1. The summed E-state index contributed by atoms with van der Waals surface area (Å²) in [5.74, 6) is -3.49. The number of rotatable bonds is 5. The zero-order valence-electron chi connectivity index (χ0n) is 14.4. The van der Waals surface area contributed by atoms with Crippen molar-refractivity contribution in [3.05, 3.63) is 29.3 Å². The molecule has 1 aliphatic heterocycles. The number of halogens is 2. The second-order valence-corrected chi connectivity index (χ2v) is 6.66. The Morgan fingerprint density at radius 3 is 2.04 bits per heavy atom. The van der Waals surface area contributed by atoms with Gasteiger partial charge in [0.2, 0.25) is 0 Å². The number of benzene rings is 1. The van der Waals surface area contributed by atoms with Crippen molar-refractivity contribution in [2.45, 2.75) is 51.9 Å². The SMILES string of the molecule is CCOC(C(=O)O)c1c(F)cc(B2OC(C)(C)C(C)(C)O2)cc1F. The third kappa shape index (κ3) is 3.31. The van der Waals surface area contributed by atoms with Crippen LogP contribution in [0.15, 0.2) is 12.1 Å². The maximum absolute atomic E-state index is 14.4. The maximum Gasteiger partial charge on any atom is 0.495 e. The number of hydrogen-bond acceptors (Lipinski definition) is 4. The first-order chi connectivity index (χ1) is 11.0. The number of carbonyl (C=O) groups is 1. The zero-order valence-corrected chi connectivity index (χ0v) is 14.4. The van der Waals surface area contributed by atoms with Gasteiger partial charge in [-0.2, -0.15) is 0 Å². The highest BCUT2D eigenvalue weighted by Gasteiger charge is 2.52. The van der Waals surface area contributed by atoms with Gasteiger partial charge in [-0.25, -0.2) is 13.6 Å². The molecule has 24 heavy (non-hydrogen) atoms. The molecule has 0 spiro atoms. The molecule has 1 aromatic carbocycles. The van der Waals surface area contributed by atoms with E-state index in [9.17, 15) is 13.6 Å². The molecule has 1 heterocycles. The molecule has 2 rings (SSSR count). The molecular weight excluding hydrogens is 321 g/mol. The molecule has 1 atom stereocenters. The fourth-order valence-electron chi connectivity index (χ4n) is 2.41. The standard InChI is InChI=1S/C16H21BF2O5/c1-6-22-13(14(20)21)12-10(18)7-9(8-11(12)19)17-23-15(2,3)16(4,5)24-17/h7-8,13H,6H2,1-5H3,(H,20,21). The van der Waals surface area contributed by atoms with Gasteiger partial charge in [-0.3, -0.25) is 0 Å². The largest absolute Gasteiger partial charge is 0.495 e. The van der Waals surface area contributed by atoms with Crippen LogP contribution in [-0.2, 0) is 18.8 Å². The summed E-state index contributed by atoms with van der Waals surface area (Å²) in [4.78, 5) is 11.2. The fraction of sp³-hybridized carbons (Fsp3) is 0.562. The molecule has 1 unspecified atom stereocenters. The molecule has 1 aromatic rings. The van der Waals surface area contributed by atoms with E-state index in [4.69, 9.17) is 19.2 Å². The Bertz CT molecular complexity index is 608. The van der Waals surface area contributed by atoms with E-state index >= 15 is 0 Å². The van der Waals surface area contributed by atoms with Crippen LogP contribution < -0.4 is 5.46 Å². The molecule has 1 saturated heterocycles. The summed E-state index contributed by atoms with van der Waals surface area (Å²) in [6.07, 6.45) is -1.71. The van der Waals surface area contributed by atoms with E-state index in [2.05, 4.69) is 0 Å². The molecule has 0 radical (unpaired) electrons. The average Bonchev–Trinajstić information content (AvgIpc) is 2.65. The van der Waals surface area contributed by atoms with E-state index in [0.29, 0.717) is 0 Å². The maximum atomic E-state index is 14.4. The number of aliphatic carboxylic acids is 1. The van der Waals surface area contributed by atoms with Gasteiger partial charge in [0.25, 0.3) is 0 Å². The van der Waals surface area contributed by atoms with Gasteiger partial charge in [-0.05, 0) is 52.2 Å². The van der Waals surface area contributed by atoms with E-state index in [1.54, 1.807) is 6.92 Å². The fourth-order valence-corrected chi connectivity index (χ4v) is 2.41. The molecule has 132 valence electrons. The van der Waals surface area contributed by atoms with Crippen LogP contribution in [0.4, 0.5) is 8.78 Å². The molecule has 0 aliphatic carbocycles. The highest BCUT2D eigenvalue weighted by molar-refractivity contribution is 6.62. The van der Waals surface area contributed by atoms with Gasteiger partial charge >= 0.3 is 13.1 Å². The van der Waals surface area contributed by atoms with E-state index in [1.807, 2.05) is 27.7 Å².